The van der Waals surface area contributed by atoms with E-state index in [0.717, 1.165) is 11.3 Å². The largest absolute Gasteiger partial charge is 0.497 e. The smallest absolute Gasteiger partial charge is 0.316 e. The molecule has 3 N–H and O–H groups in total. The van der Waals surface area contributed by atoms with E-state index in [2.05, 4.69) is 25.5 Å². The number of H-pyrrole nitrogens is 2. The Morgan fingerprint density at radius 1 is 1.16 bits per heavy atom. The molecule has 4 rings (SSSR count). The molecular formula is C21H20N6O4. The maximum atomic E-state index is 12.6. The Morgan fingerprint density at radius 2 is 1.94 bits per heavy atom. The zero-order valence-corrected chi connectivity index (χ0v) is 16.9. The van der Waals surface area contributed by atoms with Crippen molar-refractivity contribution in [3.63, 3.8) is 0 Å². The van der Waals surface area contributed by atoms with Crippen molar-refractivity contribution < 1.29 is 9.53 Å². The molecule has 10 nitrogen and oxygen atoms in total. The summed E-state index contributed by atoms with van der Waals surface area (Å²) in [6, 6.07) is 12.1. The van der Waals surface area contributed by atoms with Crippen LogP contribution in [0.15, 0.2) is 52.1 Å². The maximum absolute atomic E-state index is 12.6. The lowest BCUT2D eigenvalue weighted by molar-refractivity contribution is 0.0950. The van der Waals surface area contributed by atoms with Gasteiger partial charge in [0.25, 0.3) is 5.91 Å². The fourth-order valence-electron chi connectivity index (χ4n) is 3.24. The highest BCUT2D eigenvalue weighted by Gasteiger charge is 2.12. The summed E-state index contributed by atoms with van der Waals surface area (Å²) in [4.78, 5) is 43.3. The molecule has 31 heavy (non-hydrogen) atoms. The predicted molar refractivity (Wildman–Crippen MR) is 114 cm³/mol. The number of nitrogens with one attached hydrogen (secondary N) is 3. The van der Waals surface area contributed by atoms with E-state index in [1.54, 1.807) is 32.2 Å². The second kappa shape index (κ2) is 8.27. The Kier molecular flexibility index (Phi) is 5.35. The quantitative estimate of drug-likeness (QED) is 0.404. The number of fused-ring (bicyclic) bond motifs is 1. The highest BCUT2D eigenvalue weighted by Crippen LogP contribution is 2.19. The van der Waals surface area contributed by atoms with Crippen molar-refractivity contribution in [3.8, 4) is 17.1 Å². The molecule has 2 aromatic carbocycles. The van der Waals surface area contributed by atoms with Crippen LogP contribution in [0.3, 0.4) is 0 Å². The molecule has 0 unspecified atom stereocenters. The average Bonchev–Trinajstić information content (AvgIpc) is 3.27. The Bertz CT molecular complexity index is 1370. The summed E-state index contributed by atoms with van der Waals surface area (Å²) in [5, 5.41) is 9.74. The lowest BCUT2D eigenvalue weighted by Crippen LogP contribution is -2.36. The van der Waals surface area contributed by atoms with Gasteiger partial charge in [0.2, 0.25) is 0 Å². The highest BCUT2D eigenvalue weighted by molar-refractivity contribution is 5.97. The first-order chi connectivity index (χ1) is 15.0. The van der Waals surface area contributed by atoms with Crippen LogP contribution in [0.4, 0.5) is 0 Å². The Hall–Kier alpha value is -4.21. The Balaban J connectivity index is 1.49. The van der Waals surface area contributed by atoms with Crippen LogP contribution in [0.2, 0.25) is 0 Å². The number of hydrogen-bond acceptors (Lipinski definition) is 6. The summed E-state index contributed by atoms with van der Waals surface area (Å²) in [6.45, 7) is 2.27. The number of aromatic nitrogens is 5. The van der Waals surface area contributed by atoms with Gasteiger partial charge in [-0.05, 0) is 49.4 Å². The number of aromatic amines is 2. The van der Waals surface area contributed by atoms with Crippen molar-refractivity contribution in [3.05, 3.63) is 74.6 Å². The lowest BCUT2D eigenvalue weighted by atomic mass is 10.1. The van der Waals surface area contributed by atoms with E-state index in [1.807, 2.05) is 24.3 Å². The van der Waals surface area contributed by atoms with E-state index < -0.39 is 11.1 Å². The number of ether oxygens (including phenoxy) is 1. The minimum atomic E-state index is -0.723. The molecule has 0 aliphatic carbocycles. The van der Waals surface area contributed by atoms with E-state index in [4.69, 9.17) is 4.74 Å². The van der Waals surface area contributed by atoms with Gasteiger partial charge < -0.3 is 19.6 Å². The van der Waals surface area contributed by atoms with Gasteiger partial charge in [-0.25, -0.2) is 4.98 Å². The number of methoxy groups -OCH3 is 1. The van der Waals surface area contributed by atoms with Gasteiger partial charge in [-0.2, -0.15) is 5.10 Å². The van der Waals surface area contributed by atoms with Crippen LogP contribution >= 0.6 is 0 Å². The number of nitrogens with zero attached hydrogens (tertiary/aromatic N) is 3. The Morgan fingerprint density at radius 3 is 2.65 bits per heavy atom. The first kappa shape index (κ1) is 20.1. The fourth-order valence-corrected chi connectivity index (χ4v) is 3.24. The van der Waals surface area contributed by atoms with E-state index in [1.165, 1.54) is 4.57 Å². The third-order valence-electron chi connectivity index (χ3n) is 4.85. The number of carbonyl (C=O) groups excluding carboxylic acids is 1. The van der Waals surface area contributed by atoms with Crippen molar-refractivity contribution in [2.45, 2.75) is 20.0 Å². The molecule has 158 valence electrons. The number of rotatable bonds is 6. The zero-order chi connectivity index (χ0) is 22.0. The summed E-state index contributed by atoms with van der Waals surface area (Å²) in [7, 11) is 1.60. The number of hydrogen-bond donors (Lipinski definition) is 3. The average molecular weight is 420 g/mol. The first-order valence-electron chi connectivity index (χ1n) is 9.61. The van der Waals surface area contributed by atoms with Crippen LogP contribution in [0.5, 0.6) is 5.75 Å². The van der Waals surface area contributed by atoms with Gasteiger partial charge in [-0.3, -0.25) is 19.5 Å². The van der Waals surface area contributed by atoms with Crippen LogP contribution in [-0.4, -0.2) is 37.7 Å². The second-order valence-electron chi connectivity index (χ2n) is 6.75. The number of aryl methyl sites for hydroxylation is 1. The van der Waals surface area contributed by atoms with E-state index >= 15 is 0 Å². The summed E-state index contributed by atoms with van der Waals surface area (Å²) >= 11 is 0. The predicted octanol–water partition coefficient (Wildman–Crippen LogP) is 1.43. The molecule has 0 saturated carbocycles. The molecule has 0 spiro atoms. The minimum Gasteiger partial charge on any atom is -0.497 e. The summed E-state index contributed by atoms with van der Waals surface area (Å²) in [5.74, 6) is 1.39. The zero-order valence-electron chi connectivity index (χ0n) is 16.9. The maximum Gasteiger partial charge on any atom is 0.316 e. The number of amides is 1. The third kappa shape index (κ3) is 3.95. The van der Waals surface area contributed by atoms with E-state index in [-0.39, 0.29) is 12.5 Å². The van der Waals surface area contributed by atoms with Crippen molar-refractivity contribution in [2.24, 2.45) is 0 Å². The molecule has 0 aliphatic rings. The van der Waals surface area contributed by atoms with Crippen molar-refractivity contribution >= 4 is 16.9 Å². The van der Waals surface area contributed by atoms with E-state index in [9.17, 15) is 14.4 Å². The fraction of sp³-hybridized carbons (Fsp3) is 0.190. The highest BCUT2D eigenvalue weighted by atomic mass is 16.5. The molecule has 4 aromatic rings. The van der Waals surface area contributed by atoms with Gasteiger partial charge in [0, 0.05) is 17.7 Å². The number of benzene rings is 2. The molecular weight excluding hydrogens is 400 g/mol. The number of carbonyl (C=O) groups is 1. The molecule has 0 fully saturated rings. The SMILES string of the molecule is CCn1c(=O)c(=O)[nH]c2cc(C(=O)NCc3nc(-c4ccc(OC)cc4)n[nH]3)ccc21. The molecule has 0 atom stereocenters. The van der Waals surface area contributed by atoms with Crippen LogP contribution < -0.4 is 21.2 Å². The van der Waals surface area contributed by atoms with Gasteiger partial charge in [0.05, 0.1) is 24.7 Å². The van der Waals surface area contributed by atoms with Gasteiger partial charge in [-0.1, -0.05) is 0 Å². The van der Waals surface area contributed by atoms with Crippen LogP contribution in [0, 0.1) is 0 Å². The molecule has 0 saturated heterocycles. The molecule has 0 aliphatic heterocycles. The topological polar surface area (TPSA) is 135 Å². The molecule has 2 heterocycles. The summed E-state index contributed by atoms with van der Waals surface area (Å²) < 4.78 is 6.50. The standard InChI is InChI=1S/C21H20N6O4/c1-3-27-16-9-6-13(10-15(16)23-20(29)21(27)30)19(28)22-11-17-24-18(26-25-17)12-4-7-14(31-2)8-5-12/h4-10H,3,11H2,1-2H3,(H,22,28)(H,23,29)(H,24,25,26). The second-order valence-corrected chi connectivity index (χ2v) is 6.75. The van der Waals surface area contributed by atoms with Crippen LogP contribution in [0.25, 0.3) is 22.4 Å². The monoisotopic (exact) mass is 420 g/mol. The lowest BCUT2D eigenvalue weighted by Gasteiger charge is -2.09. The van der Waals surface area contributed by atoms with Gasteiger partial charge >= 0.3 is 11.1 Å². The molecule has 1 amide bonds. The van der Waals surface area contributed by atoms with Crippen molar-refractivity contribution in [1.29, 1.82) is 0 Å². The van der Waals surface area contributed by atoms with Crippen LogP contribution in [-0.2, 0) is 13.1 Å². The normalized spacial score (nSPS) is 10.9. The summed E-state index contributed by atoms with van der Waals surface area (Å²) in [5.41, 5.74) is 0.794. The first-order valence-corrected chi connectivity index (χ1v) is 9.61. The molecule has 2 aromatic heterocycles. The molecule has 0 radical (unpaired) electrons. The molecule has 10 heteroatoms. The van der Waals surface area contributed by atoms with Crippen LogP contribution in [0.1, 0.15) is 23.1 Å². The van der Waals surface area contributed by atoms with Gasteiger partial charge in [0.1, 0.15) is 11.6 Å². The minimum absolute atomic E-state index is 0.144. The van der Waals surface area contributed by atoms with Gasteiger partial charge in [-0.15, -0.1) is 0 Å². The third-order valence-corrected chi connectivity index (χ3v) is 4.85. The Labute approximate surface area is 175 Å². The van der Waals surface area contributed by atoms with Crippen molar-refractivity contribution in [2.75, 3.05) is 7.11 Å². The van der Waals surface area contributed by atoms with Crippen molar-refractivity contribution in [1.82, 2.24) is 30.0 Å². The van der Waals surface area contributed by atoms with E-state index in [0.29, 0.717) is 34.8 Å². The molecule has 0 bridgehead atoms. The summed E-state index contributed by atoms with van der Waals surface area (Å²) in [6.07, 6.45) is 0. The van der Waals surface area contributed by atoms with Gasteiger partial charge in [0.15, 0.2) is 5.82 Å².